The Morgan fingerprint density at radius 3 is 2.47 bits per heavy atom. The van der Waals surface area contributed by atoms with Crippen LogP contribution >= 0.6 is 23.4 Å². The first kappa shape index (κ1) is 20.5. The summed E-state index contributed by atoms with van der Waals surface area (Å²) < 4.78 is 15.9. The number of halogens is 2. The van der Waals surface area contributed by atoms with Crippen LogP contribution in [-0.4, -0.2) is 26.0 Å². The van der Waals surface area contributed by atoms with Gasteiger partial charge in [0.25, 0.3) is 0 Å². The Labute approximate surface area is 192 Å². The maximum atomic E-state index is 14.1. The zero-order valence-corrected chi connectivity index (χ0v) is 18.1. The average Bonchev–Trinajstić information content (AvgIpc) is 3.24. The fourth-order valence-corrected chi connectivity index (χ4v) is 4.72. The Balaban J connectivity index is 1.52. The number of carbonyl (C=O) groups is 1. The number of hydrogen-bond donors (Lipinski definition) is 2. The number of benzene rings is 3. The predicted molar refractivity (Wildman–Crippen MR) is 124 cm³/mol. The van der Waals surface area contributed by atoms with Gasteiger partial charge in [-0.3, -0.25) is 4.79 Å². The Bertz CT molecular complexity index is 1270. The summed E-state index contributed by atoms with van der Waals surface area (Å²) in [5.74, 6) is -0.199. The van der Waals surface area contributed by atoms with E-state index in [1.165, 1.54) is 23.9 Å². The second-order valence-corrected chi connectivity index (χ2v) is 8.72. The van der Waals surface area contributed by atoms with Gasteiger partial charge in [0.15, 0.2) is 5.82 Å². The van der Waals surface area contributed by atoms with Crippen molar-refractivity contribution >= 4 is 35.0 Å². The first-order valence-electron chi connectivity index (χ1n) is 9.85. The molecule has 2 unspecified atom stereocenters. The lowest BCUT2D eigenvalue weighted by atomic mass is 10.0. The molecule has 32 heavy (non-hydrogen) atoms. The second-order valence-electron chi connectivity index (χ2n) is 7.17. The number of thioether (sulfide) groups is 1. The van der Waals surface area contributed by atoms with Crippen molar-refractivity contribution in [2.75, 3.05) is 10.7 Å². The summed E-state index contributed by atoms with van der Waals surface area (Å²) in [6, 6.07) is 22.6. The van der Waals surface area contributed by atoms with E-state index in [0.717, 1.165) is 11.1 Å². The number of hydrogen-bond acceptors (Lipinski definition) is 5. The van der Waals surface area contributed by atoms with E-state index in [4.69, 9.17) is 11.6 Å². The molecule has 1 aromatic heterocycles. The maximum Gasteiger partial charge on any atom is 0.240 e. The van der Waals surface area contributed by atoms with Gasteiger partial charge in [-0.15, -0.1) is 10.2 Å². The minimum atomic E-state index is -0.629. The van der Waals surface area contributed by atoms with E-state index in [9.17, 15) is 9.18 Å². The number of nitrogens with zero attached hydrogens (tertiary/aromatic N) is 3. The number of fused-ring (bicyclic) bond motifs is 1. The molecule has 1 aliphatic heterocycles. The first-order chi connectivity index (χ1) is 15.6. The molecule has 0 saturated carbocycles. The molecule has 1 amide bonds. The molecule has 2 N–H and O–H groups in total. The number of anilines is 1. The molecule has 6 nitrogen and oxygen atoms in total. The van der Waals surface area contributed by atoms with Gasteiger partial charge in [0.1, 0.15) is 11.1 Å². The second kappa shape index (κ2) is 8.64. The zero-order chi connectivity index (χ0) is 22.1. The van der Waals surface area contributed by atoms with Gasteiger partial charge in [0, 0.05) is 10.6 Å². The van der Waals surface area contributed by atoms with Crippen molar-refractivity contribution < 1.29 is 9.18 Å². The molecule has 0 aliphatic carbocycles. The first-order valence-corrected chi connectivity index (χ1v) is 11.1. The van der Waals surface area contributed by atoms with Crippen molar-refractivity contribution in [1.82, 2.24) is 14.9 Å². The molecule has 9 heteroatoms. The Hall–Kier alpha value is -3.36. The number of para-hydroxylation sites is 1. The van der Waals surface area contributed by atoms with Crippen LogP contribution in [-0.2, 0) is 4.79 Å². The Morgan fingerprint density at radius 2 is 1.72 bits per heavy atom. The molecule has 4 aromatic rings. The molecular weight excluding hydrogens is 449 g/mol. The van der Waals surface area contributed by atoms with Crippen LogP contribution in [0.4, 0.5) is 10.1 Å². The van der Waals surface area contributed by atoms with E-state index < -0.39 is 17.1 Å². The molecular formula is C23H17ClFN5OS. The molecule has 0 bridgehead atoms. The molecule has 0 fully saturated rings. The predicted octanol–water partition coefficient (Wildman–Crippen LogP) is 5.14. The van der Waals surface area contributed by atoms with Crippen LogP contribution in [0.3, 0.4) is 0 Å². The lowest BCUT2D eigenvalue weighted by Crippen LogP contribution is -2.41. The summed E-state index contributed by atoms with van der Waals surface area (Å²) in [6.07, 6.45) is 0. The highest BCUT2D eigenvalue weighted by atomic mass is 35.5. The van der Waals surface area contributed by atoms with Crippen molar-refractivity contribution in [2.45, 2.75) is 16.4 Å². The molecule has 3 aromatic carbocycles. The lowest BCUT2D eigenvalue weighted by Gasteiger charge is -2.33. The number of carbonyl (C=O) groups excluding carboxylic acids is 1. The lowest BCUT2D eigenvalue weighted by molar-refractivity contribution is -0.116. The van der Waals surface area contributed by atoms with E-state index in [1.54, 1.807) is 28.9 Å². The minimum Gasteiger partial charge on any atom is -0.323 e. The fraction of sp³-hybridized carbons (Fsp3) is 0.0870. The third-order valence-corrected chi connectivity index (χ3v) is 6.56. The molecule has 2 atom stereocenters. The monoisotopic (exact) mass is 465 g/mol. The quantitative estimate of drug-likeness (QED) is 0.437. The molecule has 160 valence electrons. The van der Waals surface area contributed by atoms with Crippen molar-refractivity contribution in [3.05, 3.63) is 95.3 Å². The number of nitrogens with one attached hydrogen (secondary N) is 2. The van der Waals surface area contributed by atoms with Crippen LogP contribution in [0.5, 0.6) is 0 Å². The number of amides is 1. The van der Waals surface area contributed by atoms with Crippen molar-refractivity contribution in [1.29, 1.82) is 0 Å². The summed E-state index contributed by atoms with van der Waals surface area (Å²) in [5, 5.41) is 11.8. The van der Waals surface area contributed by atoms with E-state index in [-0.39, 0.29) is 11.6 Å². The fourth-order valence-electron chi connectivity index (χ4n) is 3.52. The molecule has 0 saturated heterocycles. The summed E-state index contributed by atoms with van der Waals surface area (Å²) in [5.41, 5.74) is 5.26. The molecule has 5 rings (SSSR count). The van der Waals surface area contributed by atoms with Crippen LogP contribution in [0, 0.1) is 5.82 Å². The van der Waals surface area contributed by atoms with Crippen molar-refractivity contribution in [2.24, 2.45) is 0 Å². The average molecular weight is 466 g/mol. The van der Waals surface area contributed by atoms with Gasteiger partial charge in [0.05, 0.1) is 11.7 Å². The molecule has 0 radical (unpaired) electrons. The van der Waals surface area contributed by atoms with Crippen LogP contribution in [0.2, 0.25) is 5.02 Å². The van der Waals surface area contributed by atoms with Crippen LogP contribution in [0.15, 0.2) is 84.0 Å². The van der Waals surface area contributed by atoms with Gasteiger partial charge in [-0.2, -0.15) is 0 Å². The van der Waals surface area contributed by atoms with Crippen molar-refractivity contribution in [3.63, 3.8) is 0 Å². The van der Waals surface area contributed by atoms with Gasteiger partial charge < -0.3 is 10.7 Å². The van der Waals surface area contributed by atoms with Gasteiger partial charge in [-0.05, 0) is 29.8 Å². The highest BCUT2D eigenvalue weighted by molar-refractivity contribution is 8.00. The Morgan fingerprint density at radius 1 is 1.00 bits per heavy atom. The topological polar surface area (TPSA) is 71.8 Å². The third kappa shape index (κ3) is 3.94. The van der Waals surface area contributed by atoms with E-state index in [0.29, 0.717) is 16.0 Å². The summed E-state index contributed by atoms with van der Waals surface area (Å²) in [4.78, 5) is 13.2. The van der Waals surface area contributed by atoms with Gasteiger partial charge in [-0.1, -0.05) is 78.0 Å². The molecule has 1 aliphatic rings. The molecule has 0 spiro atoms. The van der Waals surface area contributed by atoms with Crippen LogP contribution in [0.1, 0.15) is 11.6 Å². The summed E-state index contributed by atoms with van der Waals surface area (Å²) >= 11 is 7.34. The standard InChI is InChI=1S/C23H17ClFN5OS/c24-16-12-10-14(11-13-16)19-20(22(31)26-18-9-5-4-8-17(18)25)32-23-28-27-21(30(23)29-19)15-6-2-1-3-7-15/h1-13,19-20,29H,(H,26,31). The third-order valence-electron chi connectivity index (χ3n) is 5.09. The zero-order valence-electron chi connectivity index (χ0n) is 16.6. The minimum absolute atomic E-state index is 0.130. The Kier molecular flexibility index (Phi) is 5.55. The maximum absolute atomic E-state index is 14.1. The van der Waals surface area contributed by atoms with Gasteiger partial charge in [-0.25, -0.2) is 9.07 Å². The van der Waals surface area contributed by atoms with E-state index in [1.807, 2.05) is 42.5 Å². The number of aromatic nitrogens is 3. The van der Waals surface area contributed by atoms with E-state index in [2.05, 4.69) is 20.9 Å². The largest absolute Gasteiger partial charge is 0.323 e. The van der Waals surface area contributed by atoms with E-state index >= 15 is 0 Å². The normalized spacial score (nSPS) is 17.3. The smallest absolute Gasteiger partial charge is 0.240 e. The number of rotatable bonds is 4. The highest BCUT2D eigenvalue weighted by Gasteiger charge is 2.38. The van der Waals surface area contributed by atoms with Crippen molar-refractivity contribution in [3.8, 4) is 11.4 Å². The summed E-state index contributed by atoms with van der Waals surface area (Å²) in [7, 11) is 0. The SMILES string of the molecule is O=C(Nc1ccccc1F)C1Sc2nnc(-c3ccccc3)n2NC1c1ccc(Cl)cc1. The van der Waals surface area contributed by atoms with Gasteiger partial charge >= 0.3 is 0 Å². The molecule has 2 heterocycles. The van der Waals surface area contributed by atoms with Crippen LogP contribution < -0.4 is 10.7 Å². The van der Waals surface area contributed by atoms with Crippen LogP contribution in [0.25, 0.3) is 11.4 Å². The highest BCUT2D eigenvalue weighted by Crippen LogP contribution is 2.39. The van der Waals surface area contributed by atoms with Gasteiger partial charge in [0.2, 0.25) is 11.1 Å². The summed E-state index contributed by atoms with van der Waals surface area (Å²) in [6.45, 7) is 0.